The zero-order chi connectivity index (χ0) is 37.7. The number of furan rings is 1. The summed E-state index contributed by atoms with van der Waals surface area (Å²) in [6, 6.07) is 16.0. The van der Waals surface area contributed by atoms with Gasteiger partial charge in [0.05, 0.1) is 17.1 Å². The first kappa shape index (κ1) is 37.5. The van der Waals surface area contributed by atoms with Gasteiger partial charge in [-0.2, -0.15) is 5.26 Å². The summed E-state index contributed by atoms with van der Waals surface area (Å²) in [4.78, 5) is 48.0. The molecule has 4 aromatic rings. The van der Waals surface area contributed by atoms with Gasteiger partial charge in [0.25, 0.3) is 5.91 Å². The molecule has 1 aliphatic heterocycles. The van der Waals surface area contributed by atoms with E-state index >= 15 is 0 Å². The van der Waals surface area contributed by atoms with Crippen LogP contribution >= 0.6 is 0 Å². The minimum Gasteiger partial charge on any atom is -0.451 e. The van der Waals surface area contributed by atoms with Crippen LogP contribution in [0.2, 0.25) is 0 Å². The molecular formula is C46H57N5O4. The largest absolute Gasteiger partial charge is 0.451 e. The summed E-state index contributed by atoms with van der Waals surface area (Å²) in [6.07, 6.45) is 20.6. The molecule has 4 aliphatic rings. The summed E-state index contributed by atoms with van der Waals surface area (Å²) in [5.74, 6) is 0.279. The molecule has 4 fully saturated rings. The number of imide groups is 1. The van der Waals surface area contributed by atoms with Crippen LogP contribution < -0.4 is 4.90 Å². The number of hydrogen-bond donors (Lipinski definition) is 0. The first-order valence-electron chi connectivity index (χ1n) is 21.4. The third kappa shape index (κ3) is 8.26. The number of aromatic nitrogens is 1. The number of nitriles is 1. The average molecular weight is 744 g/mol. The van der Waals surface area contributed by atoms with Gasteiger partial charge in [-0.1, -0.05) is 57.8 Å². The molecule has 290 valence electrons. The molecule has 8 rings (SSSR count). The Labute approximate surface area is 325 Å². The highest BCUT2D eigenvalue weighted by Crippen LogP contribution is 2.34. The second-order valence-corrected chi connectivity index (χ2v) is 16.8. The lowest BCUT2D eigenvalue weighted by Crippen LogP contribution is -2.48. The summed E-state index contributed by atoms with van der Waals surface area (Å²) in [7, 11) is 0. The molecule has 9 nitrogen and oxygen atoms in total. The van der Waals surface area contributed by atoms with Crippen LogP contribution in [0.4, 0.5) is 5.69 Å². The molecule has 55 heavy (non-hydrogen) atoms. The maximum atomic E-state index is 14.1. The van der Waals surface area contributed by atoms with Crippen molar-refractivity contribution in [3.05, 3.63) is 65.5 Å². The smallest absolute Gasteiger partial charge is 0.296 e. The van der Waals surface area contributed by atoms with Crippen molar-refractivity contribution in [2.24, 2.45) is 11.8 Å². The maximum Gasteiger partial charge on any atom is 0.296 e. The lowest BCUT2D eigenvalue weighted by molar-refractivity contribution is -0.136. The van der Waals surface area contributed by atoms with E-state index in [-0.39, 0.29) is 41.4 Å². The predicted octanol–water partition coefficient (Wildman–Crippen LogP) is 9.51. The second-order valence-electron chi connectivity index (χ2n) is 16.8. The number of anilines is 1. The predicted molar refractivity (Wildman–Crippen MR) is 216 cm³/mol. The quantitative estimate of drug-likeness (QED) is 0.118. The van der Waals surface area contributed by atoms with Crippen molar-refractivity contribution < 1.29 is 18.8 Å². The van der Waals surface area contributed by atoms with Crippen molar-refractivity contribution in [1.29, 1.82) is 5.26 Å². The van der Waals surface area contributed by atoms with Crippen molar-refractivity contribution in [2.75, 3.05) is 37.6 Å². The van der Waals surface area contributed by atoms with E-state index in [1.807, 2.05) is 34.9 Å². The molecule has 3 aliphatic carbocycles. The fourth-order valence-corrected chi connectivity index (χ4v) is 9.96. The monoisotopic (exact) mass is 743 g/mol. The Kier molecular flexibility index (Phi) is 11.7. The number of unbranched alkanes of at least 4 members (excludes halogenated alkanes) is 1. The first-order valence-corrected chi connectivity index (χ1v) is 21.4. The summed E-state index contributed by atoms with van der Waals surface area (Å²) in [6.45, 7) is 4.84. The Balaban J connectivity index is 0.865. The highest BCUT2D eigenvalue weighted by atomic mass is 16.3. The molecule has 9 heteroatoms. The fourth-order valence-electron chi connectivity index (χ4n) is 9.96. The SMILES string of the molecule is N#Cc1ccc2c(c1)c(CCCCN1CCN(c3ccc4oc(C(=O)N(C(=O)C5CCCCC5)C5CCCCC5)cc4c3)CC1)cn2C(=O)C1CCCCC1. The fraction of sp³-hybridized carbons (Fsp3) is 0.565. The molecule has 0 radical (unpaired) electrons. The van der Waals surface area contributed by atoms with E-state index in [0.29, 0.717) is 11.1 Å². The molecule has 1 saturated heterocycles. The van der Waals surface area contributed by atoms with E-state index in [2.05, 4.69) is 34.2 Å². The highest BCUT2D eigenvalue weighted by molar-refractivity contribution is 6.06. The number of fused-ring (bicyclic) bond motifs is 2. The van der Waals surface area contributed by atoms with Crippen LogP contribution in [-0.4, -0.2) is 70.9 Å². The van der Waals surface area contributed by atoms with E-state index in [0.717, 1.165) is 157 Å². The number of nitrogens with zero attached hydrogens (tertiary/aromatic N) is 5. The minimum absolute atomic E-state index is 0.0127. The van der Waals surface area contributed by atoms with Gasteiger partial charge in [-0.15, -0.1) is 0 Å². The van der Waals surface area contributed by atoms with Crippen molar-refractivity contribution >= 4 is 45.3 Å². The highest BCUT2D eigenvalue weighted by Gasteiger charge is 2.37. The molecular weight excluding hydrogens is 687 g/mol. The summed E-state index contributed by atoms with van der Waals surface area (Å²) < 4.78 is 8.04. The summed E-state index contributed by atoms with van der Waals surface area (Å²) in [5, 5.41) is 11.5. The first-order chi connectivity index (χ1) is 27.0. The van der Waals surface area contributed by atoms with Gasteiger partial charge in [0.15, 0.2) is 5.76 Å². The molecule has 2 aromatic heterocycles. The number of carbonyl (C=O) groups excluding carboxylic acids is 3. The molecule has 0 bridgehead atoms. The van der Waals surface area contributed by atoms with E-state index in [9.17, 15) is 19.6 Å². The van der Waals surface area contributed by atoms with Crippen LogP contribution in [0.1, 0.15) is 136 Å². The Bertz CT molecular complexity index is 2030. The summed E-state index contributed by atoms with van der Waals surface area (Å²) >= 11 is 0. The second kappa shape index (κ2) is 17.2. The molecule has 0 N–H and O–H groups in total. The van der Waals surface area contributed by atoms with Gasteiger partial charge < -0.3 is 9.32 Å². The lowest BCUT2D eigenvalue weighted by Gasteiger charge is -2.36. The van der Waals surface area contributed by atoms with Crippen LogP contribution in [-0.2, 0) is 11.2 Å². The van der Waals surface area contributed by atoms with Crippen molar-refractivity contribution in [2.45, 2.75) is 122 Å². The van der Waals surface area contributed by atoms with Gasteiger partial charge in [-0.3, -0.25) is 28.8 Å². The number of carbonyl (C=O) groups is 3. The van der Waals surface area contributed by atoms with E-state index in [4.69, 9.17) is 4.42 Å². The summed E-state index contributed by atoms with van der Waals surface area (Å²) in [5.41, 5.74) is 4.55. The van der Waals surface area contributed by atoms with E-state index in [1.165, 1.54) is 19.3 Å². The number of hydrogen-bond acceptors (Lipinski definition) is 7. The number of piperazine rings is 1. The zero-order valence-corrected chi connectivity index (χ0v) is 32.5. The van der Waals surface area contributed by atoms with Crippen molar-refractivity contribution in [1.82, 2.24) is 14.4 Å². The molecule has 2 aromatic carbocycles. The van der Waals surface area contributed by atoms with Crippen LogP contribution in [0.15, 0.2) is 53.1 Å². The Hall–Kier alpha value is -4.42. The maximum absolute atomic E-state index is 14.1. The van der Waals surface area contributed by atoms with Crippen LogP contribution in [0.3, 0.4) is 0 Å². The number of benzene rings is 2. The Morgan fingerprint density at radius 3 is 2.16 bits per heavy atom. The van der Waals surface area contributed by atoms with Gasteiger partial charge in [-0.05, 0) is 112 Å². The third-order valence-electron chi connectivity index (χ3n) is 13.2. The average Bonchev–Trinajstić information content (AvgIpc) is 3.84. The van der Waals surface area contributed by atoms with Gasteiger partial charge in [0.2, 0.25) is 11.8 Å². The number of aryl methyl sites for hydroxylation is 1. The number of rotatable bonds is 10. The topological polar surface area (TPSA) is 103 Å². The third-order valence-corrected chi connectivity index (χ3v) is 13.2. The minimum atomic E-state index is -0.264. The van der Waals surface area contributed by atoms with E-state index in [1.54, 1.807) is 4.90 Å². The molecule has 3 saturated carbocycles. The Morgan fingerprint density at radius 2 is 1.45 bits per heavy atom. The molecule has 0 spiro atoms. The lowest BCUT2D eigenvalue weighted by atomic mass is 9.86. The molecule has 2 amide bonds. The van der Waals surface area contributed by atoms with Gasteiger partial charge >= 0.3 is 0 Å². The van der Waals surface area contributed by atoms with Gasteiger partial charge in [0.1, 0.15) is 5.58 Å². The van der Waals surface area contributed by atoms with E-state index < -0.39 is 0 Å². The van der Waals surface area contributed by atoms with Crippen LogP contribution in [0.25, 0.3) is 21.9 Å². The van der Waals surface area contributed by atoms with Crippen LogP contribution in [0.5, 0.6) is 0 Å². The van der Waals surface area contributed by atoms with Crippen molar-refractivity contribution in [3.8, 4) is 6.07 Å². The van der Waals surface area contributed by atoms with Gasteiger partial charge in [0, 0.05) is 66.7 Å². The van der Waals surface area contributed by atoms with Gasteiger partial charge in [-0.25, -0.2) is 0 Å². The number of amides is 2. The Morgan fingerprint density at radius 1 is 0.764 bits per heavy atom. The van der Waals surface area contributed by atoms with Crippen LogP contribution in [0, 0.1) is 23.2 Å². The molecule has 3 heterocycles. The standard InChI is InChI=1S/C46H57N5O4/c47-31-33-19-21-41-40(28-33)36(32-50(41)44(52)34-12-4-1-5-13-34)16-10-11-23-48-24-26-49(27-25-48)39-20-22-42-37(29-39)30-43(55-42)46(54)51(38-17-8-3-9-18-38)45(53)35-14-6-2-7-15-35/h19-22,28-30,32,34-35,38H,1-18,23-27H2. The molecule has 0 atom stereocenters. The zero-order valence-electron chi connectivity index (χ0n) is 32.5. The normalized spacial score (nSPS) is 19.5. The van der Waals surface area contributed by atoms with Crippen molar-refractivity contribution in [3.63, 3.8) is 0 Å². The molecule has 0 unspecified atom stereocenters.